The summed E-state index contributed by atoms with van der Waals surface area (Å²) in [5.41, 5.74) is 0.830. The summed E-state index contributed by atoms with van der Waals surface area (Å²) in [5, 5.41) is 3.12. The summed E-state index contributed by atoms with van der Waals surface area (Å²) >= 11 is 0. The Bertz CT molecular complexity index is 598. The van der Waals surface area contributed by atoms with Crippen LogP contribution in [0.25, 0.3) is 0 Å². The van der Waals surface area contributed by atoms with Crippen molar-refractivity contribution in [3.05, 3.63) is 24.3 Å². The van der Waals surface area contributed by atoms with Crippen LogP contribution in [0, 0.1) is 0 Å². The second kappa shape index (κ2) is 7.55. The van der Waals surface area contributed by atoms with Gasteiger partial charge in [0.25, 0.3) is 0 Å². The molecule has 1 aromatic rings. The molecule has 1 N–H and O–H groups in total. The monoisotopic (exact) mass is 332 g/mol. The maximum Gasteiger partial charge on any atom is 0.348 e. The van der Waals surface area contributed by atoms with Gasteiger partial charge in [-0.3, -0.25) is 4.79 Å². The van der Waals surface area contributed by atoms with Crippen LogP contribution in [-0.2, 0) is 14.3 Å². The number of anilines is 1. The van der Waals surface area contributed by atoms with Crippen molar-refractivity contribution in [2.45, 2.75) is 44.2 Å². The van der Waals surface area contributed by atoms with Crippen molar-refractivity contribution in [1.29, 1.82) is 0 Å². The predicted octanol–water partition coefficient (Wildman–Crippen LogP) is 1.88. The molecule has 0 spiro atoms. The van der Waals surface area contributed by atoms with Gasteiger partial charge in [0.2, 0.25) is 12.0 Å². The molecule has 0 radical (unpaired) electrons. The van der Waals surface area contributed by atoms with Crippen LogP contribution in [0.15, 0.2) is 24.3 Å². The Morgan fingerprint density at radius 2 is 2.00 bits per heavy atom. The number of carbonyl (C=O) groups excluding carboxylic acids is 2. The fourth-order valence-corrected chi connectivity index (χ4v) is 3.40. The fourth-order valence-electron chi connectivity index (χ4n) is 3.40. The average Bonchev–Trinajstić information content (AvgIpc) is 2.61. The van der Waals surface area contributed by atoms with Gasteiger partial charge in [-0.2, -0.15) is 0 Å². The largest absolute Gasteiger partial charge is 0.475 e. The molecule has 1 aromatic carbocycles. The maximum atomic E-state index is 12.4. The van der Waals surface area contributed by atoms with E-state index < -0.39 is 12.1 Å². The minimum atomic E-state index is -0.715. The normalized spacial score (nSPS) is 20.7. The Balaban J connectivity index is 1.68. The number of amides is 1. The molecule has 3 rings (SSSR count). The van der Waals surface area contributed by atoms with Crippen molar-refractivity contribution in [3.63, 3.8) is 0 Å². The van der Waals surface area contributed by atoms with Gasteiger partial charge in [0.1, 0.15) is 5.75 Å². The average molecular weight is 332 g/mol. The summed E-state index contributed by atoms with van der Waals surface area (Å²) in [6.07, 6.45) is 4.99. The molecule has 0 bridgehead atoms. The molecular formula is C18H24N2O4. The van der Waals surface area contributed by atoms with E-state index in [1.165, 1.54) is 26.4 Å². The summed E-state index contributed by atoms with van der Waals surface area (Å²) in [6.45, 7) is 0.520. The second-order valence-corrected chi connectivity index (χ2v) is 6.38. The van der Waals surface area contributed by atoms with Crippen molar-refractivity contribution < 1.29 is 19.1 Å². The van der Waals surface area contributed by atoms with E-state index in [1.807, 2.05) is 23.1 Å². The Morgan fingerprint density at radius 3 is 2.75 bits per heavy atom. The van der Waals surface area contributed by atoms with Crippen LogP contribution in [0.2, 0.25) is 0 Å². The van der Waals surface area contributed by atoms with Gasteiger partial charge < -0.3 is 19.7 Å². The first kappa shape index (κ1) is 16.6. The second-order valence-electron chi connectivity index (χ2n) is 6.38. The van der Waals surface area contributed by atoms with Gasteiger partial charge in [-0.15, -0.1) is 0 Å². The smallest absolute Gasteiger partial charge is 0.348 e. The molecule has 6 nitrogen and oxygen atoms in total. The molecule has 1 saturated carbocycles. The number of hydrogen-bond donors (Lipinski definition) is 1. The lowest BCUT2D eigenvalue weighted by Crippen LogP contribution is -2.49. The third kappa shape index (κ3) is 3.80. The first-order chi connectivity index (χ1) is 11.7. The lowest BCUT2D eigenvalue weighted by Gasteiger charge is -2.35. The van der Waals surface area contributed by atoms with Crippen LogP contribution >= 0.6 is 0 Å². The van der Waals surface area contributed by atoms with E-state index in [1.54, 1.807) is 6.07 Å². The standard InChI is InChI=1S/C18H24N2O4/c1-23-18(22)16-11-20(14-9-5-6-10-15(14)24-16)12-17(21)19-13-7-3-2-4-8-13/h5-6,9-10,13,16H,2-4,7-8,11-12H2,1H3,(H,19,21)/t16-/m1/s1. The van der Waals surface area contributed by atoms with E-state index in [4.69, 9.17) is 9.47 Å². The minimum Gasteiger partial charge on any atom is -0.475 e. The van der Waals surface area contributed by atoms with Crippen LogP contribution < -0.4 is 15.0 Å². The van der Waals surface area contributed by atoms with E-state index in [0.29, 0.717) is 12.3 Å². The number of methoxy groups -OCH3 is 1. The van der Waals surface area contributed by atoms with Crippen LogP contribution in [0.5, 0.6) is 5.75 Å². The molecule has 6 heteroatoms. The number of fused-ring (bicyclic) bond motifs is 1. The molecule has 24 heavy (non-hydrogen) atoms. The highest BCUT2D eigenvalue weighted by molar-refractivity contribution is 5.84. The van der Waals surface area contributed by atoms with Crippen molar-refractivity contribution in [2.75, 3.05) is 25.1 Å². The number of hydrogen-bond acceptors (Lipinski definition) is 5. The Morgan fingerprint density at radius 1 is 1.25 bits per heavy atom. The van der Waals surface area contributed by atoms with Gasteiger partial charge in [-0.1, -0.05) is 31.4 Å². The lowest BCUT2D eigenvalue weighted by atomic mass is 9.95. The number of esters is 1. The summed E-state index contributed by atoms with van der Waals surface area (Å²) in [6, 6.07) is 7.72. The van der Waals surface area contributed by atoms with Gasteiger partial charge in [-0.25, -0.2) is 4.79 Å². The van der Waals surface area contributed by atoms with E-state index in [9.17, 15) is 9.59 Å². The zero-order valence-corrected chi connectivity index (χ0v) is 14.0. The molecule has 2 aliphatic rings. The fraction of sp³-hybridized carbons (Fsp3) is 0.556. The first-order valence-electron chi connectivity index (χ1n) is 8.55. The number of nitrogens with one attached hydrogen (secondary N) is 1. The number of benzene rings is 1. The molecule has 1 heterocycles. The van der Waals surface area contributed by atoms with E-state index >= 15 is 0 Å². The third-order valence-electron chi connectivity index (χ3n) is 4.63. The SMILES string of the molecule is COC(=O)[C@H]1CN(CC(=O)NC2CCCCC2)c2ccccc2O1. The Labute approximate surface area is 142 Å². The minimum absolute atomic E-state index is 0.0118. The van der Waals surface area contributed by atoms with Crippen molar-refractivity contribution in [2.24, 2.45) is 0 Å². The van der Waals surface area contributed by atoms with Crippen molar-refractivity contribution in [1.82, 2.24) is 5.32 Å². The zero-order chi connectivity index (χ0) is 16.9. The Kier molecular flexibility index (Phi) is 5.23. The highest BCUT2D eigenvalue weighted by Gasteiger charge is 2.32. The molecular weight excluding hydrogens is 308 g/mol. The summed E-state index contributed by atoms with van der Waals surface area (Å²) in [4.78, 5) is 26.2. The quantitative estimate of drug-likeness (QED) is 0.853. The topological polar surface area (TPSA) is 67.9 Å². The van der Waals surface area contributed by atoms with Crippen molar-refractivity contribution >= 4 is 17.6 Å². The van der Waals surface area contributed by atoms with Gasteiger partial charge >= 0.3 is 5.97 Å². The Hall–Kier alpha value is -2.24. The van der Waals surface area contributed by atoms with Crippen LogP contribution in [-0.4, -0.2) is 44.2 Å². The van der Waals surface area contributed by atoms with E-state index in [-0.39, 0.29) is 18.5 Å². The number of rotatable bonds is 4. The summed E-state index contributed by atoms with van der Waals surface area (Å²) in [7, 11) is 1.34. The molecule has 1 fully saturated rings. The van der Waals surface area contributed by atoms with Gasteiger partial charge in [0, 0.05) is 6.04 Å². The number of carbonyl (C=O) groups is 2. The first-order valence-corrected chi connectivity index (χ1v) is 8.55. The molecule has 1 amide bonds. The number of para-hydroxylation sites is 2. The lowest BCUT2D eigenvalue weighted by molar-refractivity contribution is -0.148. The molecule has 0 unspecified atom stereocenters. The highest BCUT2D eigenvalue weighted by Crippen LogP contribution is 2.33. The molecule has 130 valence electrons. The summed E-state index contributed by atoms with van der Waals surface area (Å²) in [5.74, 6) is 0.161. The van der Waals surface area contributed by atoms with Gasteiger partial charge in [0.05, 0.1) is 25.9 Å². The van der Waals surface area contributed by atoms with Crippen LogP contribution in [0.4, 0.5) is 5.69 Å². The van der Waals surface area contributed by atoms with E-state index in [0.717, 1.165) is 18.5 Å². The van der Waals surface area contributed by atoms with Crippen molar-refractivity contribution in [3.8, 4) is 5.75 Å². The molecule has 0 aromatic heterocycles. The van der Waals surface area contributed by atoms with Crippen LogP contribution in [0.1, 0.15) is 32.1 Å². The van der Waals surface area contributed by atoms with Gasteiger partial charge in [0.15, 0.2) is 0 Å². The summed E-state index contributed by atoms with van der Waals surface area (Å²) < 4.78 is 10.5. The number of ether oxygens (including phenoxy) is 2. The van der Waals surface area contributed by atoms with Gasteiger partial charge in [-0.05, 0) is 25.0 Å². The third-order valence-corrected chi connectivity index (χ3v) is 4.63. The van der Waals surface area contributed by atoms with Crippen LogP contribution in [0.3, 0.4) is 0 Å². The van der Waals surface area contributed by atoms with E-state index in [2.05, 4.69) is 5.32 Å². The molecule has 1 atom stereocenters. The predicted molar refractivity (Wildman–Crippen MR) is 90.1 cm³/mol. The zero-order valence-electron chi connectivity index (χ0n) is 14.0. The molecule has 1 aliphatic heterocycles. The highest BCUT2D eigenvalue weighted by atomic mass is 16.6. The maximum absolute atomic E-state index is 12.4. The number of nitrogens with zero attached hydrogens (tertiary/aromatic N) is 1. The molecule has 1 aliphatic carbocycles. The molecule has 0 saturated heterocycles.